The third-order valence-electron chi connectivity index (χ3n) is 6.48. The van der Waals surface area contributed by atoms with Crippen molar-refractivity contribution < 1.29 is 19.1 Å². The first-order valence-corrected chi connectivity index (χ1v) is 10.4. The van der Waals surface area contributed by atoms with Gasteiger partial charge in [0.05, 0.1) is 18.8 Å². The molecule has 2 aromatic heterocycles. The fourth-order valence-electron chi connectivity index (χ4n) is 4.75. The van der Waals surface area contributed by atoms with Gasteiger partial charge in [0.2, 0.25) is 0 Å². The SMILES string of the molecule is O=C(NCCC1[C@H]2CN(C(=O)OC3CCOCC3)C[C@@H]12)c1ccc2nccn2c1. The molecule has 1 unspecified atom stereocenters. The number of nitrogens with one attached hydrogen (secondary N) is 1. The number of ether oxygens (including phenoxy) is 2. The first-order valence-electron chi connectivity index (χ1n) is 10.4. The van der Waals surface area contributed by atoms with Crippen LogP contribution in [0.25, 0.3) is 5.65 Å². The lowest BCUT2D eigenvalue weighted by molar-refractivity contribution is -0.00949. The second kappa shape index (κ2) is 7.67. The molecule has 3 aliphatic rings. The Hall–Kier alpha value is -2.61. The van der Waals surface area contributed by atoms with Crippen LogP contribution >= 0.6 is 0 Å². The molecule has 0 radical (unpaired) electrons. The van der Waals surface area contributed by atoms with E-state index in [0.29, 0.717) is 43.1 Å². The highest BCUT2D eigenvalue weighted by atomic mass is 16.6. The quantitative estimate of drug-likeness (QED) is 0.832. The van der Waals surface area contributed by atoms with E-state index in [9.17, 15) is 9.59 Å². The van der Waals surface area contributed by atoms with E-state index in [2.05, 4.69) is 10.3 Å². The van der Waals surface area contributed by atoms with Crippen molar-refractivity contribution in [3.63, 3.8) is 0 Å². The molecule has 8 nitrogen and oxygen atoms in total. The van der Waals surface area contributed by atoms with E-state index >= 15 is 0 Å². The van der Waals surface area contributed by atoms with E-state index in [1.807, 2.05) is 21.6 Å². The molecular formula is C21H26N4O4. The van der Waals surface area contributed by atoms with Gasteiger partial charge in [0.1, 0.15) is 11.8 Å². The normalized spacial score (nSPS) is 26.3. The highest BCUT2D eigenvalue weighted by Crippen LogP contribution is 2.53. The maximum Gasteiger partial charge on any atom is 0.410 e. The van der Waals surface area contributed by atoms with Crippen molar-refractivity contribution in [2.24, 2.45) is 17.8 Å². The van der Waals surface area contributed by atoms with Gasteiger partial charge in [0.25, 0.3) is 5.91 Å². The molecule has 5 rings (SSSR count). The number of rotatable bonds is 5. The second-order valence-corrected chi connectivity index (χ2v) is 8.25. The summed E-state index contributed by atoms with van der Waals surface area (Å²) in [5.41, 5.74) is 1.46. The van der Waals surface area contributed by atoms with Gasteiger partial charge in [-0.05, 0) is 36.3 Å². The highest BCUT2D eigenvalue weighted by Gasteiger charge is 2.56. The standard InChI is InChI=1S/C21H26N4O4/c26-20(14-1-2-19-22-7-8-24(19)11-14)23-6-3-16-17-12-25(13-18(16)17)21(27)29-15-4-9-28-10-5-15/h1-2,7-8,11,15-18H,3-6,9-10,12-13H2,(H,23,26)/t16?,17-,18+. The minimum absolute atomic E-state index is 0.000675. The second-order valence-electron chi connectivity index (χ2n) is 8.25. The van der Waals surface area contributed by atoms with Gasteiger partial charge in [-0.25, -0.2) is 9.78 Å². The van der Waals surface area contributed by atoms with E-state index in [0.717, 1.165) is 38.0 Å². The van der Waals surface area contributed by atoms with Crippen LogP contribution in [0.5, 0.6) is 0 Å². The van der Waals surface area contributed by atoms with Gasteiger partial charge in [-0.2, -0.15) is 0 Å². The number of piperidine rings is 1. The maximum atomic E-state index is 12.4. The average Bonchev–Trinajstić information content (AvgIpc) is 3.11. The summed E-state index contributed by atoms with van der Waals surface area (Å²) in [5.74, 6) is 1.64. The molecule has 2 aromatic rings. The van der Waals surface area contributed by atoms with E-state index in [-0.39, 0.29) is 18.1 Å². The molecule has 154 valence electrons. The first-order chi connectivity index (χ1) is 14.2. The van der Waals surface area contributed by atoms with Crippen molar-refractivity contribution >= 4 is 17.6 Å². The monoisotopic (exact) mass is 398 g/mol. The molecular weight excluding hydrogens is 372 g/mol. The van der Waals surface area contributed by atoms with Crippen molar-refractivity contribution in [3.05, 3.63) is 36.3 Å². The number of imidazole rings is 1. The number of hydrogen-bond donors (Lipinski definition) is 1. The Labute approximate surface area is 169 Å². The minimum Gasteiger partial charge on any atom is -0.446 e. The van der Waals surface area contributed by atoms with Crippen LogP contribution in [0, 0.1) is 17.8 Å². The zero-order valence-corrected chi connectivity index (χ0v) is 16.3. The van der Waals surface area contributed by atoms with Gasteiger partial charge in [0, 0.05) is 51.1 Å². The van der Waals surface area contributed by atoms with Gasteiger partial charge in [-0.3, -0.25) is 4.79 Å². The van der Waals surface area contributed by atoms with Crippen LogP contribution in [0.3, 0.4) is 0 Å². The largest absolute Gasteiger partial charge is 0.446 e. The Balaban J connectivity index is 1.03. The Bertz CT molecular complexity index is 895. The average molecular weight is 398 g/mol. The molecule has 3 fully saturated rings. The molecule has 2 amide bonds. The highest BCUT2D eigenvalue weighted by molar-refractivity contribution is 5.94. The summed E-state index contributed by atoms with van der Waals surface area (Å²) in [6, 6.07) is 3.64. The van der Waals surface area contributed by atoms with Gasteiger partial charge in [-0.15, -0.1) is 0 Å². The van der Waals surface area contributed by atoms with Gasteiger partial charge < -0.3 is 24.1 Å². The molecule has 1 aliphatic carbocycles. The number of aromatic nitrogens is 2. The summed E-state index contributed by atoms with van der Waals surface area (Å²) in [5, 5.41) is 3.01. The number of amides is 2. The summed E-state index contributed by atoms with van der Waals surface area (Å²) in [6.07, 6.45) is 7.71. The van der Waals surface area contributed by atoms with Crippen LogP contribution < -0.4 is 5.32 Å². The Kier molecular flexibility index (Phi) is 4.87. The number of nitrogens with zero attached hydrogens (tertiary/aromatic N) is 3. The molecule has 1 saturated carbocycles. The Morgan fingerprint density at radius 3 is 2.79 bits per heavy atom. The van der Waals surface area contributed by atoms with Crippen molar-refractivity contribution in [3.8, 4) is 0 Å². The molecule has 2 saturated heterocycles. The molecule has 1 N–H and O–H groups in total. The van der Waals surface area contributed by atoms with Crippen LogP contribution in [0.4, 0.5) is 4.79 Å². The zero-order chi connectivity index (χ0) is 19.8. The number of fused-ring (bicyclic) bond motifs is 2. The zero-order valence-electron chi connectivity index (χ0n) is 16.3. The third-order valence-corrected chi connectivity index (χ3v) is 6.48. The molecule has 0 aromatic carbocycles. The predicted molar refractivity (Wildman–Crippen MR) is 105 cm³/mol. The van der Waals surface area contributed by atoms with Gasteiger partial charge >= 0.3 is 6.09 Å². The number of carbonyl (C=O) groups excluding carboxylic acids is 2. The molecule has 4 heterocycles. The summed E-state index contributed by atoms with van der Waals surface area (Å²) >= 11 is 0. The lowest BCUT2D eigenvalue weighted by Gasteiger charge is -2.26. The van der Waals surface area contributed by atoms with Crippen molar-refractivity contribution in [1.82, 2.24) is 19.6 Å². The van der Waals surface area contributed by atoms with E-state index in [1.165, 1.54) is 0 Å². The number of pyridine rings is 1. The van der Waals surface area contributed by atoms with Crippen molar-refractivity contribution in [2.75, 3.05) is 32.8 Å². The molecule has 0 spiro atoms. The molecule has 2 aliphatic heterocycles. The Morgan fingerprint density at radius 2 is 2.00 bits per heavy atom. The van der Waals surface area contributed by atoms with E-state index in [1.54, 1.807) is 18.5 Å². The first kappa shape index (κ1) is 18.4. The topological polar surface area (TPSA) is 85.2 Å². The van der Waals surface area contributed by atoms with E-state index < -0.39 is 0 Å². The van der Waals surface area contributed by atoms with Gasteiger partial charge in [0.15, 0.2) is 0 Å². The lowest BCUT2D eigenvalue weighted by Crippen LogP contribution is -2.36. The smallest absolute Gasteiger partial charge is 0.410 e. The van der Waals surface area contributed by atoms with Crippen LogP contribution in [0.15, 0.2) is 30.7 Å². The van der Waals surface area contributed by atoms with E-state index in [4.69, 9.17) is 9.47 Å². The van der Waals surface area contributed by atoms with Gasteiger partial charge in [-0.1, -0.05) is 0 Å². The van der Waals surface area contributed by atoms with Crippen LogP contribution in [-0.4, -0.2) is 65.2 Å². The fraction of sp³-hybridized carbons (Fsp3) is 0.571. The summed E-state index contributed by atoms with van der Waals surface area (Å²) in [6.45, 7) is 3.57. The van der Waals surface area contributed by atoms with Crippen LogP contribution in [-0.2, 0) is 9.47 Å². The summed E-state index contributed by atoms with van der Waals surface area (Å²) < 4.78 is 12.8. The Morgan fingerprint density at radius 1 is 1.21 bits per heavy atom. The summed E-state index contributed by atoms with van der Waals surface area (Å²) in [4.78, 5) is 30.7. The van der Waals surface area contributed by atoms with Crippen LogP contribution in [0.2, 0.25) is 0 Å². The molecule has 29 heavy (non-hydrogen) atoms. The van der Waals surface area contributed by atoms with Crippen molar-refractivity contribution in [2.45, 2.75) is 25.4 Å². The summed E-state index contributed by atoms with van der Waals surface area (Å²) in [7, 11) is 0. The predicted octanol–water partition coefficient (Wildman–Crippen LogP) is 1.95. The number of likely N-dealkylation sites (tertiary alicyclic amines) is 1. The number of hydrogen-bond acceptors (Lipinski definition) is 5. The lowest BCUT2D eigenvalue weighted by atomic mass is 10.1. The minimum atomic E-state index is -0.175. The molecule has 3 atom stereocenters. The third kappa shape index (κ3) is 3.81. The fourth-order valence-corrected chi connectivity index (χ4v) is 4.75. The van der Waals surface area contributed by atoms with Crippen molar-refractivity contribution in [1.29, 1.82) is 0 Å². The molecule has 0 bridgehead atoms. The molecule has 8 heteroatoms. The maximum absolute atomic E-state index is 12.4. The number of carbonyl (C=O) groups is 2. The van der Waals surface area contributed by atoms with Crippen LogP contribution in [0.1, 0.15) is 29.6 Å².